The molecule has 0 amide bonds. The van der Waals surface area contributed by atoms with Gasteiger partial charge >= 0.3 is 39.5 Å². The predicted octanol–water partition coefficient (Wildman–Crippen LogP) is 24.2. The lowest BCUT2D eigenvalue weighted by Crippen LogP contribution is -2.30. The molecule has 0 aromatic rings. The van der Waals surface area contributed by atoms with E-state index in [0.717, 1.165) is 135 Å². The molecule has 0 fully saturated rings. The summed E-state index contributed by atoms with van der Waals surface area (Å²) >= 11 is 0. The van der Waals surface area contributed by atoms with E-state index in [4.69, 9.17) is 37.0 Å². The Kier molecular flexibility index (Phi) is 74.3. The lowest BCUT2D eigenvalue weighted by Gasteiger charge is -2.21. The van der Waals surface area contributed by atoms with E-state index in [1.165, 1.54) is 96.3 Å². The van der Waals surface area contributed by atoms with Gasteiger partial charge in [-0.1, -0.05) is 289 Å². The van der Waals surface area contributed by atoms with Gasteiger partial charge in [0, 0.05) is 25.7 Å². The van der Waals surface area contributed by atoms with Crippen LogP contribution in [0.1, 0.15) is 323 Å². The monoisotopic (exact) mass is 1530 g/mol. The smallest absolute Gasteiger partial charge is 0.462 e. The lowest BCUT2D eigenvalue weighted by molar-refractivity contribution is -0.161. The van der Waals surface area contributed by atoms with Crippen molar-refractivity contribution in [3.05, 3.63) is 146 Å². The van der Waals surface area contributed by atoms with E-state index in [1.807, 2.05) is 30.4 Å². The first-order valence-electron chi connectivity index (χ1n) is 41.1. The molecule has 606 valence electrons. The van der Waals surface area contributed by atoms with Gasteiger partial charge < -0.3 is 33.8 Å². The van der Waals surface area contributed by atoms with Crippen molar-refractivity contribution >= 4 is 39.5 Å². The van der Waals surface area contributed by atoms with Crippen molar-refractivity contribution in [2.24, 2.45) is 0 Å². The highest BCUT2D eigenvalue weighted by Gasteiger charge is 2.30. The van der Waals surface area contributed by atoms with E-state index in [9.17, 15) is 43.2 Å². The minimum atomic E-state index is -5.01. The van der Waals surface area contributed by atoms with Crippen molar-refractivity contribution < 1.29 is 80.2 Å². The van der Waals surface area contributed by atoms with Gasteiger partial charge in [0.15, 0.2) is 12.2 Å². The lowest BCUT2D eigenvalue weighted by atomic mass is 10.1. The fourth-order valence-electron chi connectivity index (χ4n) is 10.5. The number of hydrogen-bond acceptors (Lipinski definition) is 15. The molecule has 0 heterocycles. The zero-order valence-electron chi connectivity index (χ0n) is 66.3. The van der Waals surface area contributed by atoms with Crippen LogP contribution in [0.25, 0.3) is 0 Å². The molecule has 5 atom stereocenters. The van der Waals surface area contributed by atoms with Gasteiger partial charge in [-0.15, -0.1) is 0 Å². The first kappa shape index (κ1) is 101. The summed E-state index contributed by atoms with van der Waals surface area (Å²) in [5, 5.41) is 10.6. The van der Waals surface area contributed by atoms with Gasteiger partial charge in [0.05, 0.1) is 26.4 Å². The number of unbranched alkanes of at least 4 members (excludes halogenated alkanes) is 26. The van der Waals surface area contributed by atoms with Gasteiger partial charge in [0.2, 0.25) is 0 Å². The summed E-state index contributed by atoms with van der Waals surface area (Å²) in [5.74, 6) is -2.36. The van der Waals surface area contributed by atoms with Gasteiger partial charge in [-0.25, -0.2) is 9.13 Å². The average Bonchev–Trinajstić information content (AvgIpc) is 0.906. The third-order valence-corrected chi connectivity index (χ3v) is 18.7. The van der Waals surface area contributed by atoms with Crippen molar-refractivity contribution in [1.29, 1.82) is 0 Å². The SMILES string of the molecule is CC/C=C\C/C=C\C/C=C\C/C=C\C/C=C\C/C=C\CCC(=O)O[C@H](COC(=O)CCCCCCC/C=C\CCCCCCCC)COP(=O)(O)OC[C@@H](O)COP(=O)(O)OC[C@@H](COC(=O)CCCCCCC/C=C\CCCCCCCC)OC(=O)CCC/C=C\C/C=C\C/C=C\C/C=C\CCCCC. The Hall–Kier alpha value is -5.06. The number of phosphoric acid groups is 2. The Labute approximate surface area is 643 Å². The van der Waals surface area contributed by atoms with Crippen LogP contribution in [0.4, 0.5) is 0 Å². The van der Waals surface area contributed by atoms with Crippen LogP contribution in [0, 0.1) is 0 Å². The highest BCUT2D eigenvalue weighted by Crippen LogP contribution is 2.45. The molecule has 0 aliphatic carbocycles. The molecule has 2 unspecified atom stereocenters. The molecule has 0 radical (unpaired) electrons. The summed E-state index contributed by atoms with van der Waals surface area (Å²) in [4.78, 5) is 73.0. The van der Waals surface area contributed by atoms with Gasteiger partial charge in [0.1, 0.15) is 19.3 Å². The number of carbonyl (C=O) groups is 4. The maximum atomic E-state index is 13.1. The summed E-state index contributed by atoms with van der Waals surface area (Å²) in [6.07, 6.45) is 89.9. The molecule has 106 heavy (non-hydrogen) atoms. The fraction of sp³-hybridized carbons (Fsp3) is 0.678. The van der Waals surface area contributed by atoms with Crippen LogP contribution >= 0.6 is 15.6 Å². The van der Waals surface area contributed by atoms with Crippen molar-refractivity contribution in [3.63, 3.8) is 0 Å². The second-order valence-corrected chi connectivity index (χ2v) is 29.9. The first-order valence-corrected chi connectivity index (χ1v) is 44.1. The normalized spacial score (nSPS) is 14.6. The minimum absolute atomic E-state index is 0.0125. The quantitative estimate of drug-likeness (QED) is 0.0169. The molecule has 0 aromatic carbocycles. The standard InChI is InChI=1S/C87H146O17P2/c1-5-9-13-17-21-25-29-33-37-39-40-42-46-50-54-58-62-66-70-74-87(92)104-83(78-98-85(90)72-68-64-60-56-52-48-44-36-32-28-24-20-16-12-8-4)80-102-106(95,96)100-76-81(88)75-99-105(93,94)101-79-82(77-97-84(89)71-67-63-59-55-51-47-43-35-31-27-23-19-15-11-7-3)103-86(91)73-69-65-61-57-53-49-45-41-38-34-30-26-22-18-14-10-6-2/h9,13,21-22,25-26,33-38,40,42-45,49-50,54,57,61-62,66,81-83,88H,5-8,10-12,14-20,23-24,27-32,39,41,46-48,51-53,55-56,58-60,63-65,67-80H2,1-4H3,(H,93,94)(H,95,96)/b13-9-,25-21-,26-22-,37-33-,38-34-,42-40-,43-35-,44-36-,49-45-,54-50-,61-57-,66-62-/t81-,82+,83+/m0/s1. The van der Waals surface area contributed by atoms with Crippen LogP contribution < -0.4 is 0 Å². The average molecular weight is 1530 g/mol. The van der Waals surface area contributed by atoms with Crippen LogP contribution in [-0.2, 0) is 65.4 Å². The molecule has 0 saturated carbocycles. The zero-order valence-corrected chi connectivity index (χ0v) is 68.1. The zero-order chi connectivity index (χ0) is 77.4. The van der Waals surface area contributed by atoms with Gasteiger partial charge in [-0.05, 0) is 154 Å². The van der Waals surface area contributed by atoms with E-state index in [1.54, 1.807) is 0 Å². The third-order valence-electron chi connectivity index (χ3n) is 16.8. The minimum Gasteiger partial charge on any atom is -0.462 e. The molecular weight excluding hydrogens is 1380 g/mol. The topological polar surface area (TPSA) is 237 Å². The molecule has 0 bridgehead atoms. The van der Waals surface area contributed by atoms with E-state index in [2.05, 4.69) is 143 Å². The molecule has 0 aromatic heterocycles. The fourth-order valence-corrected chi connectivity index (χ4v) is 12.1. The van der Waals surface area contributed by atoms with Gasteiger partial charge in [0.25, 0.3) is 0 Å². The van der Waals surface area contributed by atoms with Gasteiger partial charge in [-0.2, -0.15) is 0 Å². The van der Waals surface area contributed by atoms with E-state index in [0.29, 0.717) is 38.5 Å². The second-order valence-electron chi connectivity index (χ2n) is 27.0. The van der Waals surface area contributed by atoms with Crippen molar-refractivity contribution in [2.45, 2.75) is 341 Å². The molecule has 0 aliphatic heterocycles. The second kappa shape index (κ2) is 78.1. The predicted molar refractivity (Wildman–Crippen MR) is 436 cm³/mol. The molecular formula is C87H146O17P2. The summed E-state index contributed by atoms with van der Waals surface area (Å²) < 4.78 is 68.5. The molecule has 0 rings (SSSR count). The maximum absolute atomic E-state index is 13.1. The van der Waals surface area contributed by atoms with Crippen LogP contribution in [0.15, 0.2) is 146 Å². The van der Waals surface area contributed by atoms with Crippen molar-refractivity contribution in [3.8, 4) is 0 Å². The highest BCUT2D eigenvalue weighted by molar-refractivity contribution is 7.47. The first-order chi connectivity index (χ1) is 51.7. The molecule has 17 nitrogen and oxygen atoms in total. The van der Waals surface area contributed by atoms with E-state index < -0.39 is 97.5 Å². The van der Waals surface area contributed by atoms with Crippen LogP contribution in [-0.4, -0.2) is 96.7 Å². The molecule has 0 aliphatic rings. The number of carbonyl (C=O) groups excluding carboxylic acids is 4. The van der Waals surface area contributed by atoms with Gasteiger partial charge in [-0.3, -0.25) is 37.3 Å². The molecule has 0 spiro atoms. The number of hydrogen-bond donors (Lipinski definition) is 3. The molecule has 0 saturated heterocycles. The summed E-state index contributed by atoms with van der Waals surface area (Å²) in [7, 11) is -10.0. The number of rotatable bonds is 76. The number of aliphatic hydroxyl groups is 1. The maximum Gasteiger partial charge on any atom is 0.472 e. The number of allylic oxidation sites excluding steroid dienone is 24. The van der Waals surface area contributed by atoms with Crippen LogP contribution in [0.2, 0.25) is 0 Å². The van der Waals surface area contributed by atoms with Crippen molar-refractivity contribution in [2.75, 3.05) is 39.6 Å². The summed E-state index contributed by atoms with van der Waals surface area (Å²) in [6.45, 7) is 4.57. The van der Waals surface area contributed by atoms with E-state index >= 15 is 0 Å². The number of aliphatic hydroxyl groups excluding tert-OH is 1. The number of ether oxygens (including phenoxy) is 4. The highest BCUT2D eigenvalue weighted by atomic mass is 31.2. The van der Waals surface area contributed by atoms with Crippen molar-refractivity contribution in [1.82, 2.24) is 0 Å². The Balaban J connectivity index is 5.51. The Morgan fingerprint density at radius 3 is 0.868 bits per heavy atom. The molecule has 3 N–H and O–H groups in total. The number of esters is 4. The van der Waals surface area contributed by atoms with Crippen LogP contribution in [0.3, 0.4) is 0 Å². The summed E-state index contributed by atoms with van der Waals surface area (Å²) in [6, 6.07) is 0. The Morgan fingerprint density at radius 2 is 0.519 bits per heavy atom. The van der Waals surface area contributed by atoms with E-state index in [-0.39, 0.29) is 25.7 Å². The number of phosphoric ester groups is 2. The molecule has 19 heteroatoms. The third kappa shape index (κ3) is 77.1. The summed E-state index contributed by atoms with van der Waals surface area (Å²) in [5.41, 5.74) is 0. The Bertz CT molecular complexity index is 2580. The Morgan fingerprint density at radius 1 is 0.274 bits per heavy atom. The largest absolute Gasteiger partial charge is 0.472 e. The van der Waals surface area contributed by atoms with Crippen LogP contribution in [0.5, 0.6) is 0 Å².